The van der Waals surface area contributed by atoms with Crippen molar-refractivity contribution in [3.63, 3.8) is 0 Å². The SMILES string of the molecule is COc1ccccc1-c1ccc(C[C@@]2(C(=O)N(C)C)CCN(C(=O)[C@H]3CC34CCC4)C2)cc1. The standard InChI is InChI=1S/C28H34N2O3/c1-29(2)26(32)28(15-16-30(19-28)25(31)23-18-27(23)13-6-14-27)17-20-9-11-21(12-10-20)22-7-4-5-8-24(22)33-3/h4-5,7-12,23H,6,13-19H2,1-3H3/t23-,28+/m1/s1. The molecule has 2 aliphatic carbocycles. The van der Waals surface area contributed by atoms with E-state index in [-0.39, 0.29) is 17.7 Å². The Kier molecular flexibility index (Phi) is 5.46. The Morgan fingerprint density at radius 3 is 2.39 bits per heavy atom. The minimum absolute atomic E-state index is 0.126. The molecule has 33 heavy (non-hydrogen) atoms. The van der Waals surface area contributed by atoms with E-state index >= 15 is 0 Å². The smallest absolute Gasteiger partial charge is 0.230 e. The van der Waals surface area contributed by atoms with Gasteiger partial charge in [-0.05, 0) is 54.7 Å². The van der Waals surface area contributed by atoms with E-state index in [0.29, 0.717) is 24.9 Å². The second-order valence-electron chi connectivity index (χ2n) is 10.5. The molecule has 174 valence electrons. The van der Waals surface area contributed by atoms with Crippen LogP contribution in [0.25, 0.3) is 11.1 Å². The van der Waals surface area contributed by atoms with Gasteiger partial charge in [-0.25, -0.2) is 0 Å². The molecule has 1 spiro atoms. The van der Waals surface area contributed by atoms with Crippen LogP contribution in [0.1, 0.15) is 37.7 Å². The summed E-state index contributed by atoms with van der Waals surface area (Å²) in [6, 6.07) is 16.4. The van der Waals surface area contributed by atoms with Crippen LogP contribution in [0.2, 0.25) is 0 Å². The summed E-state index contributed by atoms with van der Waals surface area (Å²) in [6.45, 7) is 1.22. The molecule has 0 bridgehead atoms. The zero-order valence-electron chi connectivity index (χ0n) is 20.0. The molecule has 0 N–H and O–H groups in total. The number of methoxy groups -OCH3 is 1. The average molecular weight is 447 g/mol. The number of carbonyl (C=O) groups is 2. The fourth-order valence-corrected chi connectivity index (χ4v) is 6.11. The molecule has 3 aliphatic rings. The molecule has 0 unspecified atom stereocenters. The minimum atomic E-state index is -0.549. The van der Waals surface area contributed by atoms with Crippen LogP contribution in [0.3, 0.4) is 0 Å². The highest BCUT2D eigenvalue weighted by atomic mass is 16.5. The number of likely N-dealkylation sites (tertiary alicyclic amines) is 1. The number of carbonyl (C=O) groups excluding carboxylic acids is 2. The summed E-state index contributed by atoms with van der Waals surface area (Å²) in [5, 5.41) is 0. The van der Waals surface area contributed by atoms with Gasteiger partial charge in [-0.15, -0.1) is 0 Å². The molecule has 1 aliphatic heterocycles. The molecule has 3 fully saturated rings. The van der Waals surface area contributed by atoms with Gasteiger partial charge in [-0.3, -0.25) is 9.59 Å². The first-order valence-corrected chi connectivity index (χ1v) is 12.1. The van der Waals surface area contributed by atoms with E-state index in [1.165, 1.54) is 19.3 Å². The molecule has 2 amide bonds. The molecule has 1 heterocycles. The molecular formula is C28H34N2O3. The Morgan fingerprint density at radius 2 is 1.79 bits per heavy atom. The molecule has 0 radical (unpaired) electrons. The molecule has 2 saturated carbocycles. The number of amides is 2. The van der Waals surface area contributed by atoms with Crippen molar-refractivity contribution in [3.05, 3.63) is 54.1 Å². The zero-order chi connectivity index (χ0) is 23.2. The number of ether oxygens (including phenoxy) is 1. The van der Waals surface area contributed by atoms with Crippen molar-refractivity contribution in [1.29, 1.82) is 0 Å². The van der Waals surface area contributed by atoms with Gasteiger partial charge in [0.15, 0.2) is 0 Å². The van der Waals surface area contributed by atoms with Crippen molar-refractivity contribution in [1.82, 2.24) is 9.80 Å². The van der Waals surface area contributed by atoms with Crippen LogP contribution in [0, 0.1) is 16.7 Å². The van der Waals surface area contributed by atoms with Crippen LogP contribution in [0.5, 0.6) is 5.75 Å². The Balaban J connectivity index is 1.34. The summed E-state index contributed by atoms with van der Waals surface area (Å²) >= 11 is 0. The van der Waals surface area contributed by atoms with Gasteiger partial charge in [0.25, 0.3) is 0 Å². The van der Waals surface area contributed by atoms with Crippen LogP contribution >= 0.6 is 0 Å². The Labute approximate surface area is 196 Å². The second-order valence-corrected chi connectivity index (χ2v) is 10.5. The lowest BCUT2D eigenvalue weighted by Gasteiger charge is -2.32. The van der Waals surface area contributed by atoms with Crippen molar-refractivity contribution in [2.24, 2.45) is 16.7 Å². The van der Waals surface area contributed by atoms with Crippen molar-refractivity contribution in [3.8, 4) is 16.9 Å². The van der Waals surface area contributed by atoms with Crippen molar-refractivity contribution in [2.45, 2.75) is 38.5 Å². The van der Waals surface area contributed by atoms with E-state index in [0.717, 1.165) is 35.3 Å². The molecule has 0 aromatic heterocycles. The second kappa shape index (κ2) is 8.19. The van der Waals surface area contributed by atoms with E-state index < -0.39 is 5.41 Å². The van der Waals surface area contributed by atoms with Crippen LogP contribution in [0.15, 0.2) is 48.5 Å². The third-order valence-corrected chi connectivity index (χ3v) is 8.28. The predicted molar refractivity (Wildman–Crippen MR) is 129 cm³/mol. The third-order valence-electron chi connectivity index (χ3n) is 8.28. The van der Waals surface area contributed by atoms with E-state index in [4.69, 9.17) is 4.74 Å². The van der Waals surface area contributed by atoms with Gasteiger partial charge in [-0.2, -0.15) is 0 Å². The monoisotopic (exact) mass is 446 g/mol. The molecule has 1 saturated heterocycles. The maximum Gasteiger partial charge on any atom is 0.230 e. The van der Waals surface area contributed by atoms with Gasteiger partial charge in [0.2, 0.25) is 11.8 Å². The third kappa shape index (κ3) is 3.81. The molecule has 2 aromatic rings. The highest BCUT2D eigenvalue weighted by Crippen LogP contribution is 2.66. The van der Waals surface area contributed by atoms with Gasteiger partial charge in [0.1, 0.15) is 5.75 Å². The van der Waals surface area contributed by atoms with Gasteiger partial charge < -0.3 is 14.5 Å². The van der Waals surface area contributed by atoms with Crippen molar-refractivity contribution >= 4 is 11.8 Å². The summed E-state index contributed by atoms with van der Waals surface area (Å²) in [5.74, 6) is 1.46. The quantitative estimate of drug-likeness (QED) is 0.661. The van der Waals surface area contributed by atoms with Crippen LogP contribution in [-0.4, -0.2) is 55.9 Å². The van der Waals surface area contributed by atoms with E-state index in [1.54, 1.807) is 12.0 Å². The maximum absolute atomic E-state index is 13.4. The largest absolute Gasteiger partial charge is 0.496 e. The predicted octanol–water partition coefficient (Wildman–Crippen LogP) is 4.40. The van der Waals surface area contributed by atoms with Crippen molar-refractivity contribution in [2.75, 3.05) is 34.3 Å². The zero-order valence-corrected chi connectivity index (χ0v) is 20.0. The van der Waals surface area contributed by atoms with Crippen molar-refractivity contribution < 1.29 is 14.3 Å². The first-order chi connectivity index (χ1) is 15.9. The molecule has 5 heteroatoms. The van der Waals surface area contributed by atoms with E-state index in [2.05, 4.69) is 30.3 Å². The highest BCUT2D eigenvalue weighted by Gasteiger charge is 2.62. The van der Waals surface area contributed by atoms with Crippen LogP contribution in [0.4, 0.5) is 0 Å². The summed E-state index contributed by atoms with van der Waals surface area (Å²) in [7, 11) is 5.33. The minimum Gasteiger partial charge on any atom is -0.496 e. The lowest BCUT2D eigenvalue weighted by Crippen LogP contribution is -2.45. The lowest BCUT2D eigenvalue weighted by molar-refractivity contribution is -0.140. The normalized spacial score (nSPS) is 24.9. The van der Waals surface area contributed by atoms with E-state index in [9.17, 15) is 9.59 Å². The number of rotatable bonds is 6. The van der Waals surface area contributed by atoms with Gasteiger partial charge >= 0.3 is 0 Å². The lowest BCUT2D eigenvalue weighted by atomic mass is 9.79. The number of hydrogen-bond acceptors (Lipinski definition) is 3. The number of hydrogen-bond donors (Lipinski definition) is 0. The maximum atomic E-state index is 13.4. The highest BCUT2D eigenvalue weighted by molar-refractivity contribution is 5.87. The van der Waals surface area contributed by atoms with Gasteiger partial charge in [0.05, 0.1) is 12.5 Å². The average Bonchev–Trinajstić information content (AvgIpc) is 3.45. The topological polar surface area (TPSA) is 49.9 Å². The van der Waals surface area contributed by atoms with E-state index in [1.807, 2.05) is 37.2 Å². The first kappa shape index (κ1) is 22.0. The molecule has 2 aromatic carbocycles. The van der Waals surface area contributed by atoms with Gasteiger partial charge in [-0.1, -0.05) is 48.9 Å². The number of para-hydroxylation sites is 1. The first-order valence-electron chi connectivity index (χ1n) is 12.1. The molecule has 5 rings (SSSR count). The molecular weight excluding hydrogens is 412 g/mol. The number of nitrogens with zero attached hydrogens (tertiary/aromatic N) is 2. The summed E-state index contributed by atoms with van der Waals surface area (Å²) in [6.07, 6.45) is 6.10. The fraction of sp³-hybridized carbons (Fsp3) is 0.500. The Bertz CT molecular complexity index is 1060. The summed E-state index contributed by atoms with van der Waals surface area (Å²) < 4.78 is 5.51. The summed E-state index contributed by atoms with van der Waals surface area (Å²) in [5.41, 5.74) is 3.04. The van der Waals surface area contributed by atoms with Crippen LogP contribution in [-0.2, 0) is 16.0 Å². The Hall–Kier alpha value is -2.82. The van der Waals surface area contributed by atoms with Crippen LogP contribution < -0.4 is 4.74 Å². The fourth-order valence-electron chi connectivity index (χ4n) is 6.11. The van der Waals surface area contributed by atoms with Gasteiger partial charge in [0, 0.05) is 38.7 Å². The Morgan fingerprint density at radius 1 is 1.06 bits per heavy atom. The molecule has 2 atom stereocenters. The molecule has 5 nitrogen and oxygen atoms in total. The number of benzene rings is 2. The summed E-state index contributed by atoms with van der Waals surface area (Å²) in [4.78, 5) is 30.2.